The third kappa shape index (κ3) is 4.92. The molecule has 1 unspecified atom stereocenters. The number of amides is 1. The van der Waals surface area contributed by atoms with Crippen LogP contribution in [0.3, 0.4) is 0 Å². The van der Waals surface area contributed by atoms with Gasteiger partial charge in [0.1, 0.15) is 24.3 Å². The summed E-state index contributed by atoms with van der Waals surface area (Å²) in [5.74, 6) is 1.25. The predicted molar refractivity (Wildman–Crippen MR) is 145 cm³/mol. The molecule has 7 heteroatoms. The summed E-state index contributed by atoms with van der Waals surface area (Å²) >= 11 is 7.01. The summed E-state index contributed by atoms with van der Waals surface area (Å²) in [6, 6.07) is 28.9. The molecule has 4 aromatic rings. The zero-order valence-corrected chi connectivity index (χ0v) is 22.0. The number of carbonyl (C=O) groups excluding carboxylic acids is 1. The highest BCUT2D eigenvalue weighted by molar-refractivity contribution is 9.10. The summed E-state index contributed by atoms with van der Waals surface area (Å²) in [6.45, 7) is 0.383. The van der Waals surface area contributed by atoms with Crippen LogP contribution in [0.1, 0.15) is 27.7 Å². The van der Waals surface area contributed by atoms with Gasteiger partial charge in [0, 0.05) is 25.9 Å². The van der Waals surface area contributed by atoms with E-state index in [9.17, 15) is 4.79 Å². The lowest BCUT2D eigenvalue weighted by Crippen LogP contribution is -2.43. The van der Waals surface area contributed by atoms with Crippen LogP contribution in [0, 0.1) is 0 Å². The maximum absolute atomic E-state index is 13.8. The molecule has 1 amide bonds. The average molecular weight is 594 g/mol. The Hall–Kier alpha value is -3.29. The van der Waals surface area contributed by atoms with Gasteiger partial charge in [0.15, 0.2) is 0 Å². The minimum absolute atomic E-state index is 0.0903. The molecule has 0 aliphatic carbocycles. The number of carbonyl (C=O) groups is 1. The Morgan fingerprint density at radius 3 is 2.46 bits per heavy atom. The van der Waals surface area contributed by atoms with Gasteiger partial charge in [-0.2, -0.15) is 0 Å². The monoisotopic (exact) mass is 592 g/mol. The summed E-state index contributed by atoms with van der Waals surface area (Å²) < 4.78 is 13.8. The molecule has 0 spiro atoms. The first kappa shape index (κ1) is 23.5. The van der Waals surface area contributed by atoms with Crippen LogP contribution in [0.5, 0.6) is 11.5 Å². The molecule has 0 bridgehead atoms. The number of nitrogens with one attached hydrogen (secondary N) is 1. The number of ether oxygens (including phenoxy) is 2. The van der Waals surface area contributed by atoms with E-state index in [0.717, 1.165) is 31.4 Å². The van der Waals surface area contributed by atoms with Gasteiger partial charge in [-0.15, -0.1) is 0 Å². The van der Waals surface area contributed by atoms with Crippen LogP contribution in [0.25, 0.3) is 0 Å². The molecule has 0 saturated carbocycles. The molecule has 0 fully saturated rings. The van der Waals surface area contributed by atoms with Gasteiger partial charge < -0.3 is 14.8 Å². The standard InChI is InChI=1S/C28H22Br2N2O3/c1-34-22-13-14-26(35-17-18-5-4-6-20(30)15-18)24(16-22)27-31-25-8-3-2-7-23(25)28(33)32(27)21-11-9-19(29)10-12-21/h2-16,27,31H,17H2,1H3. The summed E-state index contributed by atoms with van der Waals surface area (Å²) in [5.41, 5.74) is 3.99. The Kier molecular flexibility index (Phi) is 6.79. The van der Waals surface area contributed by atoms with E-state index < -0.39 is 6.17 Å². The summed E-state index contributed by atoms with van der Waals surface area (Å²) in [7, 11) is 1.63. The lowest BCUT2D eigenvalue weighted by Gasteiger charge is -2.38. The first-order valence-corrected chi connectivity index (χ1v) is 12.6. The van der Waals surface area contributed by atoms with Crippen LogP contribution >= 0.6 is 31.9 Å². The minimum atomic E-state index is -0.508. The van der Waals surface area contributed by atoms with E-state index in [4.69, 9.17) is 9.47 Å². The Bertz CT molecular complexity index is 1370. The molecule has 35 heavy (non-hydrogen) atoms. The number of hydrogen-bond acceptors (Lipinski definition) is 4. The fraction of sp³-hybridized carbons (Fsp3) is 0.107. The summed E-state index contributed by atoms with van der Waals surface area (Å²) in [5, 5.41) is 3.56. The van der Waals surface area contributed by atoms with E-state index in [1.165, 1.54) is 0 Å². The first-order chi connectivity index (χ1) is 17.0. The maximum Gasteiger partial charge on any atom is 0.262 e. The third-order valence-electron chi connectivity index (χ3n) is 5.83. The Morgan fingerprint density at radius 2 is 1.69 bits per heavy atom. The number of methoxy groups -OCH3 is 1. The lowest BCUT2D eigenvalue weighted by molar-refractivity contribution is 0.0974. The van der Waals surface area contributed by atoms with Crippen molar-refractivity contribution in [3.8, 4) is 11.5 Å². The molecule has 5 nitrogen and oxygen atoms in total. The molecule has 1 aliphatic rings. The van der Waals surface area contributed by atoms with Gasteiger partial charge in [-0.3, -0.25) is 9.69 Å². The number of fused-ring (bicyclic) bond motifs is 1. The fourth-order valence-corrected chi connectivity index (χ4v) is 4.84. The normalized spacial score (nSPS) is 14.8. The third-order valence-corrected chi connectivity index (χ3v) is 6.85. The second kappa shape index (κ2) is 10.1. The van der Waals surface area contributed by atoms with Crippen LogP contribution < -0.4 is 19.7 Å². The molecule has 176 valence electrons. The fourth-order valence-electron chi connectivity index (χ4n) is 4.13. The molecular formula is C28H22Br2N2O3. The van der Waals surface area contributed by atoms with Crippen molar-refractivity contribution in [3.05, 3.63) is 117 Å². The Labute approximate surface area is 220 Å². The maximum atomic E-state index is 13.8. The van der Waals surface area contributed by atoms with Gasteiger partial charge in [0.2, 0.25) is 0 Å². The summed E-state index contributed by atoms with van der Waals surface area (Å²) in [4.78, 5) is 15.5. The van der Waals surface area contributed by atoms with E-state index in [2.05, 4.69) is 37.2 Å². The molecule has 5 rings (SSSR count). The molecule has 1 N–H and O–H groups in total. The van der Waals surface area contributed by atoms with Gasteiger partial charge in [-0.05, 0) is 72.3 Å². The molecule has 1 atom stereocenters. The molecule has 1 heterocycles. The number of rotatable bonds is 6. The molecule has 4 aromatic carbocycles. The van der Waals surface area contributed by atoms with Gasteiger partial charge in [0.25, 0.3) is 5.91 Å². The van der Waals surface area contributed by atoms with E-state index >= 15 is 0 Å². The van der Waals surface area contributed by atoms with Crippen molar-refractivity contribution in [3.63, 3.8) is 0 Å². The van der Waals surface area contributed by atoms with Gasteiger partial charge >= 0.3 is 0 Å². The average Bonchev–Trinajstić information content (AvgIpc) is 2.88. The molecule has 0 aromatic heterocycles. The van der Waals surface area contributed by atoms with Crippen molar-refractivity contribution in [1.82, 2.24) is 0 Å². The molecule has 0 radical (unpaired) electrons. The highest BCUT2D eigenvalue weighted by atomic mass is 79.9. The van der Waals surface area contributed by atoms with Crippen LogP contribution in [-0.2, 0) is 6.61 Å². The topological polar surface area (TPSA) is 50.8 Å². The van der Waals surface area contributed by atoms with Crippen LogP contribution in [0.2, 0.25) is 0 Å². The van der Waals surface area contributed by atoms with E-state index in [-0.39, 0.29) is 5.91 Å². The number of anilines is 2. The lowest BCUT2D eigenvalue weighted by atomic mass is 10.0. The van der Waals surface area contributed by atoms with E-state index in [0.29, 0.717) is 23.7 Å². The van der Waals surface area contributed by atoms with Crippen molar-refractivity contribution < 1.29 is 14.3 Å². The van der Waals surface area contributed by atoms with Gasteiger partial charge in [-0.1, -0.05) is 56.1 Å². The zero-order valence-electron chi connectivity index (χ0n) is 18.9. The van der Waals surface area contributed by atoms with Gasteiger partial charge in [0.05, 0.1) is 12.7 Å². The largest absolute Gasteiger partial charge is 0.497 e. The quantitative estimate of drug-likeness (QED) is 0.250. The Balaban J connectivity index is 1.59. The number of halogens is 2. The SMILES string of the molecule is COc1ccc(OCc2cccc(Br)c2)c(C2Nc3ccccc3C(=O)N2c2ccc(Br)cc2)c1. The second-order valence-electron chi connectivity index (χ2n) is 8.07. The minimum Gasteiger partial charge on any atom is -0.497 e. The van der Waals surface area contributed by atoms with Crippen LogP contribution in [0.15, 0.2) is 99.9 Å². The number of para-hydroxylation sites is 1. The van der Waals surface area contributed by atoms with Crippen molar-refractivity contribution in [2.45, 2.75) is 12.8 Å². The van der Waals surface area contributed by atoms with Crippen molar-refractivity contribution >= 4 is 49.1 Å². The first-order valence-electron chi connectivity index (χ1n) is 11.0. The summed E-state index contributed by atoms with van der Waals surface area (Å²) in [6.07, 6.45) is -0.508. The zero-order chi connectivity index (χ0) is 24.4. The van der Waals surface area contributed by atoms with Crippen molar-refractivity contribution in [1.29, 1.82) is 0 Å². The Morgan fingerprint density at radius 1 is 0.886 bits per heavy atom. The number of benzene rings is 4. The predicted octanol–water partition coefficient (Wildman–Crippen LogP) is 7.57. The molecular weight excluding hydrogens is 572 g/mol. The van der Waals surface area contributed by atoms with E-state index in [1.54, 1.807) is 12.0 Å². The van der Waals surface area contributed by atoms with Crippen molar-refractivity contribution in [2.75, 3.05) is 17.3 Å². The van der Waals surface area contributed by atoms with E-state index in [1.807, 2.05) is 91.0 Å². The molecule has 1 aliphatic heterocycles. The highest BCUT2D eigenvalue weighted by Crippen LogP contribution is 2.41. The van der Waals surface area contributed by atoms with Crippen molar-refractivity contribution in [2.24, 2.45) is 0 Å². The van der Waals surface area contributed by atoms with Gasteiger partial charge in [-0.25, -0.2) is 0 Å². The number of hydrogen-bond donors (Lipinski definition) is 1. The van der Waals surface area contributed by atoms with Crippen LogP contribution in [-0.4, -0.2) is 13.0 Å². The highest BCUT2D eigenvalue weighted by Gasteiger charge is 2.35. The smallest absolute Gasteiger partial charge is 0.262 e. The second-order valence-corrected chi connectivity index (χ2v) is 9.90. The molecule has 0 saturated heterocycles. The number of nitrogens with zero attached hydrogens (tertiary/aromatic N) is 1. The van der Waals surface area contributed by atoms with Crippen LogP contribution in [0.4, 0.5) is 11.4 Å².